The summed E-state index contributed by atoms with van der Waals surface area (Å²) in [6.45, 7) is 2.30. The maximum absolute atomic E-state index is 10.2. The average molecular weight is 425 g/mol. The smallest absolute Gasteiger partial charge is 0.157 e. The van der Waals surface area contributed by atoms with Crippen LogP contribution in [-0.2, 0) is 6.54 Å². The molecule has 2 N–H and O–H groups in total. The molecule has 0 aromatic heterocycles. The van der Waals surface area contributed by atoms with Gasteiger partial charge in [-0.05, 0) is 54.4 Å². The molecule has 0 radical (unpaired) electrons. The van der Waals surface area contributed by atoms with Crippen LogP contribution < -0.4 is 5.32 Å². The van der Waals surface area contributed by atoms with E-state index in [1.54, 1.807) is 24.8 Å². The van der Waals surface area contributed by atoms with Crippen molar-refractivity contribution in [3.8, 4) is 5.75 Å². The molecule has 3 aromatic carbocycles. The molecule has 0 saturated carbocycles. The highest BCUT2D eigenvalue weighted by molar-refractivity contribution is 7.99. The van der Waals surface area contributed by atoms with Gasteiger partial charge in [-0.1, -0.05) is 64.8 Å². The van der Waals surface area contributed by atoms with E-state index in [2.05, 4.69) is 11.4 Å². The number of benzene rings is 3. The molecule has 3 rings (SSSR count). The fraction of sp³-hybridized carbons (Fsp3) is 0.100. The maximum Gasteiger partial charge on any atom is 0.157 e. The number of aromatic hydroxyl groups is 1. The van der Waals surface area contributed by atoms with Gasteiger partial charge in [0.25, 0.3) is 0 Å². The lowest BCUT2D eigenvalue weighted by atomic mass is 10.2. The van der Waals surface area contributed by atoms with Crippen molar-refractivity contribution in [1.82, 2.24) is 0 Å². The lowest BCUT2D eigenvalue weighted by Gasteiger charge is -2.14. The number of phenolic OH excluding ortho intramolecular Hbond substituents is 1. The Morgan fingerprint density at radius 3 is 2.42 bits per heavy atom. The van der Waals surface area contributed by atoms with Crippen LogP contribution in [0.25, 0.3) is 0 Å². The Kier molecular flexibility index (Phi) is 6.25. The molecule has 0 atom stereocenters. The molecule has 0 saturated heterocycles. The molecule has 0 aliphatic rings. The number of hydrogen-bond donors (Lipinski definition) is 2. The molecule has 0 aliphatic heterocycles. The Balaban J connectivity index is 1.80. The average Bonchev–Trinajstić information content (AvgIpc) is 2.65. The van der Waals surface area contributed by atoms with Gasteiger partial charge < -0.3 is 10.4 Å². The quantitative estimate of drug-likeness (QED) is 0.418. The van der Waals surface area contributed by atoms with Crippen LogP contribution in [0.2, 0.25) is 15.1 Å². The van der Waals surface area contributed by atoms with E-state index in [4.69, 9.17) is 34.8 Å². The molecule has 0 amide bonds. The van der Waals surface area contributed by atoms with Gasteiger partial charge in [-0.2, -0.15) is 0 Å². The van der Waals surface area contributed by atoms with Crippen LogP contribution in [0.4, 0.5) is 5.69 Å². The van der Waals surface area contributed by atoms with E-state index in [0.29, 0.717) is 27.8 Å². The van der Waals surface area contributed by atoms with Gasteiger partial charge in [-0.25, -0.2) is 0 Å². The van der Waals surface area contributed by atoms with E-state index in [9.17, 15) is 5.11 Å². The summed E-state index contributed by atoms with van der Waals surface area (Å²) in [6, 6.07) is 17.5. The Morgan fingerprint density at radius 2 is 1.69 bits per heavy atom. The Labute approximate surface area is 172 Å². The molecule has 0 fully saturated rings. The van der Waals surface area contributed by atoms with Crippen LogP contribution in [-0.4, -0.2) is 5.11 Å². The van der Waals surface area contributed by atoms with Gasteiger partial charge >= 0.3 is 0 Å². The first-order valence-corrected chi connectivity index (χ1v) is 9.83. The predicted molar refractivity (Wildman–Crippen MR) is 112 cm³/mol. The summed E-state index contributed by atoms with van der Waals surface area (Å²) in [5.74, 6) is 0.0106. The van der Waals surface area contributed by atoms with Crippen molar-refractivity contribution < 1.29 is 5.11 Å². The lowest BCUT2D eigenvalue weighted by Crippen LogP contribution is -2.02. The van der Waals surface area contributed by atoms with Crippen LogP contribution in [0.15, 0.2) is 64.4 Å². The highest BCUT2D eigenvalue weighted by Crippen LogP contribution is 2.39. The normalized spacial score (nSPS) is 10.8. The Hall–Kier alpha value is -1.52. The number of rotatable bonds is 5. The summed E-state index contributed by atoms with van der Waals surface area (Å²) >= 11 is 19.9. The summed E-state index contributed by atoms with van der Waals surface area (Å²) in [5, 5.41) is 15.0. The van der Waals surface area contributed by atoms with Gasteiger partial charge in [-0.15, -0.1) is 0 Å². The van der Waals surface area contributed by atoms with Gasteiger partial charge in [0.05, 0.1) is 10.7 Å². The molecule has 0 bridgehead atoms. The highest BCUT2D eigenvalue weighted by Gasteiger charge is 2.13. The summed E-state index contributed by atoms with van der Waals surface area (Å²) in [7, 11) is 0. The molecule has 0 spiro atoms. The van der Waals surface area contributed by atoms with Gasteiger partial charge in [0.1, 0.15) is 0 Å². The molecular formula is C20H16Cl3NOS. The molecule has 2 nitrogen and oxygen atoms in total. The van der Waals surface area contributed by atoms with Crippen molar-refractivity contribution in [3.63, 3.8) is 0 Å². The molecule has 0 heterocycles. The van der Waals surface area contributed by atoms with Crippen LogP contribution >= 0.6 is 46.6 Å². The number of anilines is 1. The molecule has 3 aromatic rings. The largest absolute Gasteiger partial charge is 0.504 e. The van der Waals surface area contributed by atoms with Crippen molar-refractivity contribution in [2.24, 2.45) is 0 Å². The minimum atomic E-state index is 0.0106. The third-order valence-corrected chi connectivity index (χ3v) is 6.14. The van der Waals surface area contributed by atoms with Gasteiger partial charge in [0.2, 0.25) is 0 Å². The summed E-state index contributed by atoms with van der Waals surface area (Å²) in [6.07, 6.45) is 0. The number of nitrogens with one attached hydrogen (secondary N) is 1. The molecule has 26 heavy (non-hydrogen) atoms. The second kappa shape index (κ2) is 8.45. The summed E-state index contributed by atoms with van der Waals surface area (Å²) < 4.78 is 0. The second-order valence-corrected chi connectivity index (χ2v) is 8.05. The standard InChI is InChI=1S/C20H16Cl3NOS/c1-12-16(22)10-17(20(25)19(12)23)24-11-13-4-2-3-5-18(13)26-15-8-6-14(21)7-9-15/h2-10,24-25H,11H2,1H3. The first-order chi connectivity index (χ1) is 12.5. The van der Waals surface area contributed by atoms with E-state index >= 15 is 0 Å². The summed E-state index contributed by atoms with van der Waals surface area (Å²) in [4.78, 5) is 2.22. The minimum Gasteiger partial charge on any atom is -0.504 e. The molecule has 6 heteroatoms. The molecule has 134 valence electrons. The lowest BCUT2D eigenvalue weighted by molar-refractivity contribution is 0.477. The fourth-order valence-electron chi connectivity index (χ4n) is 2.41. The van der Waals surface area contributed by atoms with E-state index in [1.165, 1.54) is 0 Å². The van der Waals surface area contributed by atoms with Crippen molar-refractivity contribution in [2.45, 2.75) is 23.3 Å². The van der Waals surface area contributed by atoms with Crippen molar-refractivity contribution in [1.29, 1.82) is 0 Å². The molecule has 0 aliphatic carbocycles. The van der Waals surface area contributed by atoms with E-state index in [1.807, 2.05) is 42.5 Å². The monoisotopic (exact) mass is 423 g/mol. The fourth-order valence-corrected chi connectivity index (χ4v) is 3.93. The van der Waals surface area contributed by atoms with Crippen LogP contribution in [0, 0.1) is 6.92 Å². The van der Waals surface area contributed by atoms with E-state index < -0.39 is 0 Å². The van der Waals surface area contributed by atoms with Crippen LogP contribution in [0.5, 0.6) is 5.75 Å². The minimum absolute atomic E-state index is 0.0106. The summed E-state index contributed by atoms with van der Waals surface area (Å²) in [5.41, 5.74) is 2.27. The topological polar surface area (TPSA) is 32.3 Å². The maximum atomic E-state index is 10.2. The van der Waals surface area contributed by atoms with Crippen LogP contribution in [0.3, 0.4) is 0 Å². The van der Waals surface area contributed by atoms with Crippen molar-refractivity contribution >= 4 is 52.3 Å². The molecule has 0 unspecified atom stereocenters. The zero-order chi connectivity index (χ0) is 18.7. The van der Waals surface area contributed by atoms with Crippen molar-refractivity contribution in [2.75, 3.05) is 5.32 Å². The number of hydrogen-bond acceptors (Lipinski definition) is 3. The molecular weight excluding hydrogens is 409 g/mol. The van der Waals surface area contributed by atoms with Gasteiger partial charge in [0.15, 0.2) is 5.75 Å². The predicted octanol–water partition coefficient (Wildman–Crippen LogP) is 7.42. The number of phenols is 1. The first kappa shape index (κ1) is 19.2. The van der Waals surface area contributed by atoms with E-state index in [-0.39, 0.29) is 10.8 Å². The first-order valence-electron chi connectivity index (χ1n) is 7.88. The highest BCUT2D eigenvalue weighted by atomic mass is 35.5. The van der Waals surface area contributed by atoms with Crippen molar-refractivity contribution in [3.05, 3.63) is 80.8 Å². The zero-order valence-electron chi connectivity index (χ0n) is 13.9. The van der Waals surface area contributed by atoms with Gasteiger partial charge in [-0.3, -0.25) is 0 Å². The van der Waals surface area contributed by atoms with Gasteiger partial charge in [0, 0.05) is 26.4 Å². The third-order valence-electron chi connectivity index (χ3n) is 3.90. The second-order valence-electron chi connectivity index (χ2n) is 5.71. The Morgan fingerprint density at radius 1 is 1.00 bits per heavy atom. The zero-order valence-corrected chi connectivity index (χ0v) is 17.0. The SMILES string of the molecule is Cc1c(Cl)cc(NCc2ccccc2Sc2ccc(Cl)cc2)c(O)c1Cl. The Bertz CT molecular complexity index is 929. The van der Waals surface area contributed by atoms with Crippen LogP contribution in [0.1, 0.15) is 11.1 Å². The third kappa shape index (κ3) is 4.41. The van der Waals surface area contributed by atoms with E-state index in [0.717, 1.165) is 15.4 Å². The number of halogens is 3.